The molecule has 5 rings (SSSR count). The van der Waals surface area contributed by atoms with E-state index >= 15 is 0 Å². The minimum Gasteiger partial charge on any atom is -0.748 e. The number of anilines is 1. The maximum Gasteiger partial charge on any atom is 1.00 e. The minimum absolute atomic E-state index is 0. The summed E-state index contributed by atoms with van der Waals surface area (Å²) in [5, 5.41) is 0.598. The molecule has 12 heteroatoms. The molecule has 3 heterocycles. The molecular weight excluding hydrogens is 653 g/mol. The molecule has 10 nitrogen and oxygen atoms in total. The number of carbonyl (C=O) groups excluding carboxylic acids is 3. The van der Waals surface area contributed by atoms with E-state index in [2.05, 4.69) is 85.7 Å². The molecule has 0 saturated carbocycles. The van der Waals surface area contributed by atoms with Crippen LogP contribution in [0.5, 0.6) is 0 Å². The van der Waals surface area contributed by atoms with Crippen molar-refractivity contribution < 1.29 is 66.3 Å². The zero-order chi connectivity index (χ0) is 34.7. The molecule has 2 aromatic rings. The first-order valence-electron chi connectivity index (χ1n) is 16.7. The Bertz CT molecular complexity index is 1780. The minimum atomic E-state index is -4.25. The number of imide groups is 1. The normalized spacial score (nSPS) is 18.8. The Morgan fingerprint density at radius 2 is 1.55 bits per heavy atom. The van der Waals surface area contributed by atoms with Crippen LogP contribution in [0.25, 0.3) is 0 Å². The molecule has 3 aliphatic rings. The van der Waals surface area contributed by atoms with Crippen LogP contribution in [0, 0.1) is 0 Å². The van der Waals surface area contributed by atoms with Gasteiger partial charge in [-0.1, -0.05) is 56.3 Å². The summed E-state index contributed by atoms with van der Waals surface area (Å²) >= 11 is 0. The van der Waals surface area contributed by atoms with Crippen molar-refractivity contribution in [1.82, 2.24) is 5.06 Å². The van der Waals surface area contributed by atoms with E-state index in [0.717, 1.165) is 42.2 Å². The van der Waals surface area contributed by atoms with E-state index in [0.29, 0.717) is 30.9 Å². The van der Waals surface area contributed by atoms with Crippen molar-refractivity contribution in [2.75, 3.05) is 23.7 Å². The predicted molar refractivity (Wildman–Crippen MR) is 183 cm³/mol. The van der Waals surface area contributed by atoms with Crippen LogP contribution in [0.1, 0.15) is 90.2 Å². The predicted octanol–water partition coefficient (Wildman–Crippen LogP) is 2.80. The van der Waals surface area contributed by atoms with E-state index in [-0.39, 0.29) is 65.4 Å². The van der Waals surface area contributed by atoms with E-state index < -0.39 is 27.9 Å². The molecule has 256 valence electrons. The van der Waals surface area contributed by atoms with Gasteiger partial charge in [-0.3, -0.25) is 9.59 Å². The third kappa shape index (κ3) is 8.63. The smallest absolute Gasteiger partial charge is 0.748 e. The fourth-order valence-corrected chi connectivity index (χ4v) is 7.62. The Labute approximate surface area is 311 Å². The average molecular weight is 699 g/mol. The summed E-state index contributed by atoms with van der Waals surface area (Å²) in [6.07, 6.45) is 9.77. The Morgan fingerprint density at radius 1 is 0.898 bits per heavy atom. The summed E-state index contributed by atoms with van der Waals surface area (Å²) in [6, 6.07) is 16.7. The molecule has 0 N–H and O–H groups in total. The van der Waals surface area contributed by atoms with Crippen LogP contribution in [-0.4, -0.2) is 64.9 Å². The molecule has 2 aromatic carbocycles. The van der Waals surface area contributed by atoms with Crippen LogP contribution in [0.3, 0.4) is 0 Å². The van der Waals surface area contributed by atoms with Gasteiger partial charge in [0.25, 0.3) is 11.8 Å². The summed E-state index contributed by atoms with van der Waals surface area (Å²) < 4.78 is 35.9. The first-order chi connectivity index (χ1) is 22.7. The van der Waals surface area contributed by atoms with Crippen LogP contribution in [0.4, 0.5) is 11.4 Å². The molecular formula is C37H45N3NaO7S+. The molecule has 2 amide bonds. The van der Waals surface area contributed by atoms with Crippen LogP contribution in [0.2, 0.25) is 0 Å². The van der Waals surface area contributed by atoms with Gasteiger partial charge in [-0.15, -0.1) is 5.06 Å². The Morgan fingerprint density at radius 3 is 2.24 bits per heavy atom. The quantitative estimate of drug-likeness (QED) is 0.0970. The van der Waals surface area contributed by atoms with Crippen LogP contribution >= 0.6 is 0 Å². The zero-order valence-corrected chi connectivity index (χ0v) is 32.1. The molecule has 0 atom stereocenters. The van der Waals surface area contributed by atoms with E-state index in [1.807, 2.05) is 18.2 Å². The Balaban J connectivity index is 0.00000541. The van der Waals surface area contributed by atoms with E-state index in [1.54, 1.807) is 0 Å². The molecule has 0 radical (unpaired) electrons. The SMILES string of the molecule is CC1(C)C(/C=C/C=C2/N(CCCCS(=O)(=O)[O-])c3ccccc3C2(C)C)=[N+](CCCCCC(=O)ON2C(=O)CCC2=O)c2ccccc21.[Na+]. The number of allylic oxidation sites excluding steroid dienone is 4. The van der Waals surface area contributed by atoms with Crippen molar-refractivity contribution in [1.29, 1.82) is 0 Å². The number of hydrogen-bond acceptors (Lipinski definition) is 8. The maximum absolute atomic E-state index is 12.3. The number of fused-ring (bicyclic) bond motifs is 2. The second-order valence-electron chi connectivity index (χ2n) is 13.7. The number of unbranched alkanes of at least 4 members (excludes halogenated alkanes) is 3. The van der Waals surface area contributed by atoms with Crippen molar-refractivity contribution in [2.45, 2.75) is 89.9 Å². The van der Waals surface area contributed by atoms with Crippen molar-refractivity contribution in [3.05, 3.63) is 83.6 Å². The van der Waals surface area contributed by atoms with Crippen LogP contribution < -0.4 is 34.5 Å². The second-order valence-corrected chi connectivity index (χ2v) is 15.2. The zero-order valence-electron chi connectivity index (χ0n) is 29.2. The average Bonchev–Trinajstić information content (AvgIpc) is 3.54. The van der Waals surface area contributed by atoms with Crippen molar-refractivity contribution >= 4 is 45.0 Å². The first-order valence-corrected chi connectivity index (χ1v) is 18.3. The number of para-hydroxylation sites is 2. The largest absolute Gasteiger partial charge is 1.00 e. The monoisotopic (exact) mass is 698 g/mol. The van der Waals surface area contributed by atoms with Crippen LogP contribution in [0.15, 0.2) is 72.5 Å². The summed E-state index contributed by atoms with van der Waals surface area (Å²) in [6.45, 7) is 10.2. The molecule has 0 spiro atoms. The number of carbonyl (C=O) groups is 3. The summed E-state index contributed by atoms with van der Waals surface area (Å²) in [4.78, 5) is 43.0. The fourth-order valence-electron chi connectivity index (χ4n) is 7.06. The van der Waals surface area contributed by atoms with E-state index in [4.69, 9.17) is 4.84 Å². The fraction of sp³-hybridized carbons (Fsp3) is 0.459. The molecule has 0 unspecified atom stereocenters. The van der Waals surface area contributed by atoms with Crippen LogP contribution in [-0.2, 0) is 40.2 Å². The van der Waals surface area contributed by atoms with Crippen molar-refractivity contribution in [3.63, 3.8) is 0 Å². The number of benzene rings is 2. The first kappa shape index (κ1) is 38.7. The van der Waals surface area contributed by atoms with Gasteiger partial charge in [-0.2, -0.15) is 4.58 Å². The topological polar surface area (TPSA) is 127 Å². The van der Waals surface area contributed by atoms with Gasteiger partial charge < -0.3 is 14.3 Å². The van der Waals surface area contributed by atoms with Gasteiger partial charge in [0.05, 0.1) is 15.5 Å². The number of hydroxylamine groups is 2. The number of hydrogen-bond donors (Lipinski definition) is 0. The van der Waals surface area contributed by atoms with E-state index in [1.165, 1.54) is 11.1 Å². The number of nitrogens with zero attached hydrogens (tertiary/aromatic N) is 3. The standard InChI is InChI=1S/C37H45N3O7S.Na/c1-36(2)27-15-7-9-17-29(27)38(24-11-5-6-21-35(43)47-40-33(41)22-23-34(40)42)31(36)19-14-20-32-37(3,4)28-16-8-10-18-30(28)39(32)25-12-13-26-48(44,45)46;/h7-10,14-20H,5-6,11-13,21-26H2,1-4H3;/q;+1. The summed E-state index contributed by atoms with van der Waals surface area (Å²) in [7, 11) is -4.25. The van der Waals surface area contributed by atoms with Crippen molar-refractivity contribution in [3.8, 4) is 0 Å². The molecule has 1 saturated heterocycles. The molecule has 49 heavy (non-hydrogen) atoms. The van der Waals surface area contributed by atoms with E-state index in [9.17, 15) is 27.4 Å². The molecule has 0 aliphatic carbocycles. The van der Waals surface area contributed by atoms with Gasteiger partial charge >= 0.3 is 35.5 Å². The van der Waals surface area contributed by atoms with Gasteiger partial charge in [0.2, 0.25) is 5.69 Å². The molecule has 1 fully saturated rings. The van der Waals surface area contributed by atoms with Gasteiger partial charge in [-0.25, -0.2) is 13.2 Å². The summed E-state index contributed by atoms with van der Waals surface area (Å²) in [5.74, 6) is -1.88. The van der Waals surface area contributed by atoms with Gasteiger partial charge in [0.1, 0.15) is 6.54 Å². The third-order valence-electron chi connectivity index (χ3n) is 9.59. The Kier molecular flexibility index (Phi) is 12.5. The second kappa shape index (κ2) is 15.9. The molecule has 0 bridgehead atoms. The Hall–Kier alpha value is -3.09. The van der Waals surface area contributed by atoms with Crippen molar-refractivity contribution in [2.24, 2.45) is 0 Å². The molecule has 3 aliphatic heterocycles. The van der Waals surface area contributed by atoms with Gasteiger partial charge in [0.15, 0.2) is 5.71 Å². The van der Waals surface area contributed by atoms with Gasteiger partial charge in [-0.05, 0) is 57.2 Å². The molecule has 0 aromatic heterocycles. The number of rotatable bonds is 14. The maximum atomic E-state index is 12.3. The third-order valence-corrected chi connectivity index (χ3v) is 10.4. The summed E-state index contributed by atoms with van der Waals surface area (Å²) in [5.41, 5.74) is 6.43. The number of amides is 2. The van der Waals surface area contributed by atoms with Gasteiger partial charge in [0, 0.05) is 72.5 Å².